The third kappa shape index (κ3) is 5.17. The monoisotopic (exact) mass is 242 g/mol. The van der Waals surface area contributed by atoms with Gasteiger partial charge < -0.3 is 15.7 Å². The van der Waals surface area contributed by atoms with Crippen LogP contribution in [0, 0.1) is 5.92 Å². The number of carboxylic acids is 1. The first kappa shape index (κ1) is 14.0. The molecule has 5 nitrogen and oxygen atoms in total. The first-order valence-electron chi connectivity index (χ1n) is 6.35. The summed E-state index contributed by atoms with van der Waals surface area (Å²) in [6.45, 7) is 2.98. The van der Waals surface area contributed by atoms with E-state index in [0.717, 1.165) is 25.8 Å². The Kier molecular flexibility index (Phi) is 5.97. The second kappa shape index (κ2) is 7.27. The standard InChI is InChI=1S/C12H22N2O3/c1-9(12(16)17)6-8-14-11(15)10-5-3-2-4-7-13-10/h9-10,13H,2-8H2,1H3,(H,14,15)(H,16,17). The maximum atomic E-state index is 11.8. The van der Waals surface area contributed by atoms with Crippen LogP contribution < -0.4 is 10.6 Å². The van der Waals surface area contributed by atoms with E-state index in [9.17, 15) is 9.59 Å². The van der Waals surface area contributed by atoms with Crippen LogP contribution in [0.2, 0.25) is 0 Å². The van der Waals surface area contributed by atoms with Gasteiger partial charge in [-0.05, 0) is 25.8 Å². The zero-order valence-electron chi connectivity index (χ0n) is 10.4. The Labute approximate surface area is 102 Å². The van der Waals surface area contributed by atoms with E-state index in [4.69, 9.17) is 5.11 Å². The van der Waals surface area contributed by atoms with Crippen molar-refractivity contribution in [1.82, 2.24) is 10.6 Å². The van der Waals surface area contributed by atoms with E-state index in [0.29, 0.717) is 13.0 Å². The van der Waals surface area contributed by atoms with Gasteiger partial charge >= 0.3 is 5.97 Å². The molecule has 0 bridgehead atoms. The smallest absolute Gasteiger partial charge is 0.306 e. The minimum Gasteiger partial charge on any atom is -0.481 e. The lowest BCUT2D eigenvalue weighted by Crippen LogP contribution is -2.44. The fraction of sp³-hybridized carbons (Fsp3) is 0.833. The summed E-state index contributed by atoms with van der Waals surface area (Å²) in [6, 6.07) is -0.0994. The second-order valence-electron chi connectivity index (χ2n) is 4.68. The molecular formula is C12H22N2O3. The van der Waals surface area contributed by atoms with Crippen LogP contribution >= 0.6 is 0 Å². The van der Waals surface area contributed by atoms with Crippen LogP contribution in [-0.4, -0.2) is 36.1 Å². The minimum atomic E-state index is -0.813. The summed E-state index contributed by atoms with van der Waals surface area (Å²) in [7, 11) is 0. The predicted octanol–water partition coefficient (Wildman–Crippen LogP) is 0.746. The molecule has 1 rings (SSSR count). The predicted molar refractivity (Wildman–Crippen MR) is 64.7 cm³/mol. The lowest BCUT2D eigenvalue weighted by molar-refractivity contribution is -0.141. The van der Waals surface area contributed by atoms with Gasteiger partial charge in [-0.1, -0.05) is 19.8 Å². The first-order valence-corrected chi connectivity index (χ1v) is 6.35. The molecule has 2 atom stereocenters. The van der Waals surface area contributed by atoms with Gasteiger partial charge in [0.05, 0.1) is 12.0 Å². The molecule has 1 fully saturated rings. The first-order chi connectivity index (χ1) is 8.11. The molecule has 0 radical (unpaired) electrons. The molecule has 0 aromatic carbocycles. The highest BCUT2D eigenvalue weighted by Crippen LogP contribution is 2.08. The molecule has 1 heterocycles. The lowest BCUT2D eigenvalue weighted by atomic mass is 10.1. The Morgan fingerprint density at radius 2 is 2.18 bits per heavy atom. The van der Waals surface area contributed by atoms with E-state index in [2.05, 4.69) is 10.6 Å². The summed E-state index contributed by atoms with van der Waals surface area (Å²) in [4.78, 5) is 22.4. The largest absolute Gasteiger partial charge is 0.481 e. The molecule has 17 heavy (non-hydrogen) atoms. The van der Waals surface area contributed by atoms with Gasteiger partial charge in [0.15, 0.2) is 0 Å². The van der Waals surface area contributed by atoms with Crippen LogP contribution in [-0.2, 0) is 9.59 Å². The maximum absolute atomic E-state index is 11.8. The summed E-state index contributed by atoms with van der Waals surface area (Å²) >= 11 is 0. The third-order valence-electron chi connectivity index (χ3n) is 3.17. The van der Waals surface area contributed by atoms with Crippen molar-refractivity contribution >= 4 is 11.9 Å². The van der Waals surface area contributed by atoms with Crippen molar-refractivity contribution < 1.29 is 14.7 Å². The topological polar surface area (TPSA) is 78.4 Å². The normalized spacial score (nSPS) is 22.5. The molecule has 1 aliphatic heterocycles. The molecule has 1 amide bonds. The van der Waals surface area contributed by atoms with E-state index in [1.165, 1.54) is 6.42 Å². The van der Waals surface area contributed by atoms with Crippen LogP contribution in [0.3, 0.4) is 0 Å². The summed E-state index contributed by atoms with van der Waals surface area (Å²) < 4.78 is 0. The summed E-state index contributed by atoms with van der Waals surface area (Å²) in [5, 5.41) is 14.7. The van der Waals surface area contributed by atoms with Crippen LogP contribution in [0.4, 0.5) is 0 Å². The van der Waals surface area contributed by atoms with E-state index in [1.807, 2.05) is 0 Å². The number of carbonyl (C=O) groups excluding carboxylic acids is 1. The second-order valence-corrected chi connectivity index (χ2v) is 4.68. The molecule has 1 aliphatic rings. The lowest BCUT2D eigenvalue weighted by Gasteiger charge is -2.16. The van der Waals surface area contributed by atoms with Crippen molar-refractivity contribution in [2.75, 3.05) is 13.1 Å². The fourth-order valence-electron chi connectivity index (χ4n) is 1.91. The van der Waals surface area contributed by atoms with E-state index >= 15 is 0 Å². The van der Waals surface area contributed by atoms with Crippen molar-refractivity contribution in [2.45, 2.75) is 45.1 Å². The van der Waals surface area contributed by atoms with Gasteiger partial charge in [0.25, 0.3) is 0 Å². The van der Waals surface area contributed by atoms with Crippen LogP contribution in [0.1, 0.15) is 39.0 Å². The van der Waals surface area contributed by atoms with Gasteiger partial charge in [-0.15, -0.1) is 0 Å². The average molecular weight is 242 g/mol. The molecule has 0 aromatic heterocycles. The summed E-state index contributed by atoms with van der Waals surface area (Å²) in [6.07, 6.45) is 4.73. The number of rotatable bonds is 5. The van der Waals surface area contributed by atoms with Gasteiger partial charge in [0, 0.05) is 6.54 Å². The molecule has 0 spiro atoms. The molecule has 0 aliphatic carbocycles. The zero-order chi connectivity index (χ0) is 12.7. The van der Waals surface area contributed by atoms with E-state index in [-0.39, 0.29) is 11.9 Å². The van der Waals surface area contributed by atoms with Crippen LogP contribution in [0.25, 0.3) is 0 Å². The van der Waals surface area contributed by atoms with Gasteiger partial charge in [0.2, 0.25) is 5.91 Å². The molecule has 0 saturated carbocycles. The maximum Gasteiger partial charge on any atom is 0.306 e. The molecule has 98 valence electrons. The Morgan fingerprint density at radius 1 is 1.41 bits per heavy atom. The SMILES string of the molecule is CC(CCNC(=O)C1CCCCCN1)C(=O)O. The fourth-order valence-corrected chi connectivity index (χ4v) is 1.91. The third-order valence-corrected chi connectivity index (χ3v) is 3.17. The highest BCUT2D eigenvalue weighted by molar-refractivity contribution is 5.81. The van der Waals surface area contributed by atoms with Crippen molar-refractivity contribution in [3.8, 4) is 0 Å². The highest BCUT2D eigenvalue weighted by Gasteiger charge is 2.19. The van der Waals surface area contributed by atoms with Gasteiger partial charge in [-0.3, -0.25) is 9.59 Å². The summed E-state index contributed by atoms with van der Waals surface area (Å²) in [5.41, 5.74) is 0. The molecule has 1 saturated heterocycles. The van der Waals surface area contributed by atoms with Crippen LogP contribution in [0.5, 0.6) is 0 Å². The molecular weight excluding hydrogens is 220 g/mol. The Hall–Kier alpha value is -1.10. The van der Waals surface area contributed by atoms with Gasteiger partial charge in [-0.25, -0.2) is 0 Å². The zero-order valence-corrected chi connectivity index (χ0v) is 10.4. The summed E-state index contributed by atoms with van der Waals surface area (Å²) in [5.74, 6) is -1.21. The van der Waals surface area contributed by atoms with Crippen molar-refractivity contribution in [1.29, 1.82) is 0 Å². The van der Waals surface area contributed by atoms with E-state index < -0.39 is 11.9 Å². The minimum absolute atomic E-state index is 0.00416. The Morgan fingerprint density at radius 3 is 2.88 bits per heavy atom. The molecule has 2 unspecified atom stereocenters. The Balaban J connectivity index is 2.21. The van der Waals surface area contributed by atoms with Crippen LogP contribution in [0.15, 0.2) is 0 Å². The molecule has 3 N–H and O–H groups in total. The van der Waals surface area contributed by atoms with E-state index in [1.54, 1.807) is 6.92 Å². The Bertz CT molecular complexity index is 260. The van der Waals surface area contributed by atoms with Crippen molar-refractivity contribution in [3.05, 3.63) is 0 Å². The van der Waals surface area contributed by atoms with Gasteiger partial charge in [-0.2, -0.15) is 0 Å². The number of aliphatic carboxylic acids is 1. The van der Waals surface area contributed by atoms with Crippen molar-refractivity contribution in [2.24, 2.45) is 5.92 Å². The number of hydrogen-bond acceptors (Lipinski definition) is 3. The van der Waals surface area contributed by atoms with Gasteiger partial charge in [0.1, 0.15) is 0 Å². The average Bonchev–Trinajstić information content (AvgIpc) is 2.57. The van der Waals surface area contributed by atoms with Crippen molar-refractivity contribution in [3.63, 3.8) is 0 Å². The molecule has 0 aromatic rings. The highest BCUT2D eigenvalue weighted by atomic mass is 16.4. The number of carbonyl (C=O) groups is 2. The molecule has 5 heteroatoms. The number of carboxylic acid groups (broad SMARTS) is 1. The number of hydrogen-bond donors (Lipinski definition) is 3. The quantitative estimate of drug-likeness (QED) is 0.664. The number of nitrogens with one attached hydrogen (secondary N) is 2. The number of amides is 1.